The highest BCUT2D eigenvalue weighted by molar-refractivity contribution is 7.20. The number of thiophene rings is 1. The lowest BCUT2D eigenvalue weighted by Gasteiger charge is -2.05. The summed E-state index contributed by atoms with van der Waals surface area (Å²) in [5.74, 6) is -0.257. The highest BCUT2D eigenvalue weighted by Gasteiger charge is 2.19. The molecule has 24 heavy (non-hydrogen) atoms. The molecule has 7 heteroatoms. The van der Waals surface area contributed by atoms with Crippen molar-refractivity contribution in [3.05, 3.63) is 57.0 Å². The fraction of sp³-hybridized carbons (Fsp3) is 0.235. The maximum atomic E-state index is 12.5. The first-order chi connectivity index (χ1) is 11.5. The molecular weight excluding hydrogens is 326 g/mol. The van der Waals surface area contributed by atoms with Crippen LogP contribution in [-0.2, 0) is 13.5 Å². The minimum Gasteiger partial charge on any atom is -0.396 e. The number of hydrogen-bond acceptors (Lipinski definition) is 5. The molecule has 0 atom stereocenters. The zero-order chi connectivity index (χ0) is 17.3. The zero-order valence-corrected chi connectivity index (χ0v) is 14.2. The minimum atomic E-state index is -0.257. The Bertz CT molecular complexity index is 958. The number of nitrogens with one attached hydrogen (secondary N) is 1. The third-order valence-electron chi connectivity index (χ3n) is 3.83. The number of hydrogen-bond donors (Lipinski definition) is 2. The van der Waals surface area contributed by atoms with Crippen LogP contribution in [0.25, 0.3) is 10.2 Å². The van der Waals surface area contributed by atoms with Gasteiger partial charge in [0.15, 0.2) is 0 Å². The van der Waals surface area contributed by atoms with Gasteiger partial charge in [-0.15, -0.1) is 11.3 Å². The summed E-state index contributed by atoms with van der Waals surface area (Å²) >= 11 is 1.22. The molecule has 0 aliphatic carbocycles. The smallest absolute Gasteiger partial charge is 0.266 e. The van der Waals surface area contributed by atoms with E-state index < -0.39 is 0 Å². The highest BCUT2D eigenvalue weighted by atomic mass is 32.1. The Hall–Kier alpha value is -2.51. The molecule has 0 aliphatic heterocycles. The number of benzene rings is 1. The average molecular weight is 343 g/mol. The fourth-order valence-electron chi connectivity index (χ4n) is 2.50. The molecule has 3 rings (SSSR count). The van der Waals surface area contributed by atoms with E-state index in [1.165, 1.54) is 22.2 Å². The fourth-order valence-corrected chi connectivity index (χ4v) is 3.53. The van der Waals surface area contributed by atoms with Gasteiger partial charge in [-0.05, 0) is 36.6 Å². The molecule has 0 unspecified atom stereocenters. The van der Waals surface area contributed by atoms with Crippen LogP contribution < -0.4 is 10.9 Å². The van der Waals surface area contributed by atoms with Crippen molar-refractivity contribution in [1.29, 1.82) is 0 Å². The summed E-state index contributed by atoms with van der Waals surface area (Å²) in [5, 5.41) is 12.3. The van der Waals surface area contributed by atoms with Crippen molar-refractivity contribution < 1.29 is 9.90 Å². The van der Waals surface area contributed by atoms with Gasteiger partial charge >= 0.3 is 0 Å². The largest absolute Gasteiger partial charge is 0.396 e. The van der Waals surface area contributed by atoms with Crippen LogP contribution in [-0.4, -0.2) is 27.2 Å². The van der Waals surface area contributed by atoms with Crippen molar-refractivity contribution in [2.24, 2.45) is 7.05 Å². The van der Waals surface area contributed by atoms with Crippen molar-refractivity contribution in [3.63, 3.8) is 0 Å². The summed E-state index contributed by atoms with van der Waals surface area (Å²) in [5.41, 5.74) is 2.17. The average Bonchev–Trinajstić information content (AvgIpc) is 2.91. The number of amides is 1. The number of aromatic nitrogens is 2. The van der Waals surface area contributed by atoms with Gasteiger partial charge in [0.05, 0.1) is 16.6 Å². The summed E-state index contributed by atoms with van der Waals surface area (Å²) in [6.45, 7) is 1.86. The first-order valence-corrected chi connectivity index (χ1v) is 8.28. The van der Waals surface area contributed by atoms with Crippen molar-refractivity contribution >= 4 is 33.1 Å². The third kappa shape index (κ3) is 2.95. The van der Waals surface area contributed by atoms with Crippen molar-refractivity contribution in [3.8, 4) is 0 Å². The van der Waals surface area contributed by atoms with Gasteiger partial charge in [0.2, 0.25) is 0 Å². The zero-order valence-electron chi connectivity index (χ0n) is 13.4. The number of rotatable bonds is 4. The molecular formula is C17H17N3O3S. The number of carbonyl (C=O) groups is 1. The number of aryl methyl sites for hydroxylation is 2. The van der Waals surface area contributed by atoms with E-state index in [1.54, 1.807) is 26.1 Å². The standard InChI is InChI=1S/C17H17N3O3S/c1-10-13-16(18-9-20(2)17(13)23)24-14(10)15(22)19-12-5-3-11(4-6-12)7-8-21/h3-6,9,21H,7-8H2,1-2H3,(H,19,22). The van der Waals surface area contributed by atoms with Crippen molar-refractivity contribution in [2.45, 2.75) is 13.3 Å². The summed E-state index contributed by atoms with van der Waals surface area (Å²) in [4.78, 5) is 30.0. The van der Waals surface area contributed by atoms with Gasteiger partial charge in [0.1, 0.15) is 4.83 Å². The molecule has 2 heterocycles. The van der Waals surface area contributed by atoms with Crippen LogP contribution in [0.2, 0.25) is 0 Å². The second-order valence-electron chi connectivity index (χ2n) is 5.52. The molecule has 6 nitrogen and oxygen atoms in total. The van der Waals surface area contributed by atoms with Crippen LogP contribution >= 0.6 is 11.3 Å². The highest BCUT2D eigenvalue weighted by Crippen LogP contribution is 2.27. The lowest BCUT2D eigenvalue weighted by molar-refractivity contribution is 0.103. The topological polar surface area (TPSA) is 84.2 Å². The van der Waals surface area contributed by atoms with Crippen LogP contribution in [0, 0.1) is 6.92 Å². The Morgan fingerprint density at radius 1 is 1.33 bits per heavy atom. The molecule has 124 valence electrons. The molecule has 1 aromatic carbocycles. The van der Waals surface area contributed by atoms with Crippen LogP contribution in [0.15, 0.2) is 35.4 Å². The Morgan fingerprint density at radius 3 is 2.71 bits per heavy atom. The lowest BCUT2D eigenvalue weighted by Crippen LogP contribution is -2.17. The number of aliphatic hydroxyl groups is 1. The number of aliphatic hydroxyl groups excluding tert-OH is 1. The SMILES string of the molecule is Cc1c(C(=O)Nc2ccc(CCO)cc2)sc2ncn(C)c(=O)c12. The minimum absolute atomic E-state index is 0.0919. The molecule has 0 saturated heterocycles. The van der Waals surface area contributed by atoms with Crippen LogP contribution in [0.3, 0.4) is 0 Å². The molecule has 1 amide bonds. The van der Waals surface area contributed by atoms with E-state index in [1.807, 2.05) is 12.1 Å². The van der Waals surface area contributed by atoms with Crippen molar-refractivity contribution in [2.75, 3.05) is 11.9 Å². The van der Waals surface area contributed by atoms with E-state index in [-0.39, 0.29) is 18.1 Å². The molecule has 2 N–H and O–H groups in total. The molecule has 0 fully saturated rings. The predicted molar refractivity (Wildman–Crippen MR) is 94.8 cm³/mol. The number of anilines is 1. The molecule has 3 aromatic rings. The van der Waals surface area contributed by atoms with Gasteiger partial charge in [-0.2, -0.15) is 0 Å². The van der Waals surface area contributed by atoms with Gasteiger partial charge in [0.25, 0.3) is 11.5 Å². The summed E-state index contributed by atoms with van der Waals surface area (Å²) in [7, 11) is 1.64. The van der Waals surface area contributed by atoms with Crippen LogP contribution in [0.4, 0.5) is 5.69 Å². The first kappa shape index (κ1) is 16.4. The Labute approximate surface area is 142 Å². The van der Waals surface area contributed by atoms with Gasteiger partial charge in [0, 0.05) is 19.3 Å². The summed E-state index contributed by atoms with van der Waals surface area (Å²) in [6.07, 6.45) is 2.04. The monoisotopic (exact) mass is 343 g/mol. The number of nitrogens with zero attached hydrogens (tertiary/aromatic N) is 2. The molecule has 0 aliphatic rings. The second-order valence-corrected chi connectivity index (χ2v) is 6.52. The summed E-state index contributed by atoms with van der Waals surface area (Å²) < 4.78 is 1.41. The maximum Gasteiger partial charge on any atom is 0.266 e. The van der Waals surface area contributed by atoms with E-state index in [2.05, 4.69) is 10.3 Å². The van der Waals surface area contributed by atoms with Gasteiger partial charge in [-0.1, -0.05) is 12.1 Å². The van der Waals surface area contributed by atoms with E-state index in [0.717, 1.165) is 5.56 Å². The van der Waals surface area contributed by atoms with Crippen molar-refractivity contribution in [1.82, 2.24) is 9.55 Å². The predicted octanol–water partition coefficient (Wildman–Crippen LogP) is 2.09. The lowest BCUT2D eigenvalue weighted by atomic mass is 10.1. The van der Waals surface area contributed by atoms with E-state index in [4.69, 9.17) is 5.11 Å². The normalized spacial score (nSPS) is 11.0. The second kappa shape index (κ2) is 6.54. The first-order valence-electron chi connectivity index (χ1n) is 7.47. The molecule has 0 spiro atoms. The Kier molecular flexibility index (Phi) is 4.46. The quantitative estimate of drug-likeness (QED) is 0.760. The third-order valence-corrected chi connectivity index (χ3v) is 5.03. The van der Waals surface area contributed by atoms with Gasteiger partial charge < -0.3 is 15.0 Å². The molecule has 0 bridgehead atoms. The molecule has 2 aromatic heterocycles. The molecule has 0 radical (unpaired) electrons. The maximum absolute atomic E-state index is 12.5. The Morgan fingerprint density at radius 2 is 2.04 bits per heavy atom. The number of fused-ring (bicyclic) bond motifs is 1. The van der Waals surface area contributed by atoms with Gasteiger partial charge in [-0.25, -0.2) is 4.98 Å². The van der Waals surface area contributed by atoms with E-state index >= 15 is 0 Å². The van der Waals surface area contributed by atoms with E-state index in [9.17, 15) is 9.59 Å². The van der Waals surface area contributed by atoms with E-state index in [0.29, 0.717) is 32.8 Å². The number of carbonyl (C=O) groups excluding carboxylic acids is 1. The summed E-state index contributed by atoms with van der Waals surface area (Å²) in [6, 6.07) is 7.31. The van der Waals surface area contributed by atoms with Gasteiger partial charge in [-0.3, -0.25) is 9.59 Å². The van der Waals surface area contributed by atoms with Crippen LogP contribution in [0.1, 0.15) is 20.8 Å². The Balaban J connectivity index is 1.90. The van der Waals surface area contributed by atoms with Crippen LogP contribution in [0.5, 0.6) is 0 Å². The molecule has 0 saturated carbocycles.